The Hall–Kier alpha value is -6.22. The first kappa shape index (κ1) is 29.7. The Bertz CT molecular complexity index is 2650. The van der Waals surface area contributed by atoms with Gasteiger partial charge in [-0.3, -0.25) is 0 Å². The normalized spacial score (nSPS) is 12.9. The average molecular weight is 668 g/mol. The van der Waals surface area contributed by atoms with Crippen LogP contribution in [0.4, 0.5) is 17.1 Å². The number of fused-ring (bicyclic) bond motifs is 6. The van der Waals surface area contributed by atoms with Crippen LogP contribution in [-0.2, 0) is 5.41 Å². The Morgan fingerprint density at radius 1 is 0.353 bits per heavy atom. The Labute approximate surface area is 302 Å². The standard InChI is InChI=1S/C49H33NS/c1-4-15-34(16-5-1)35-17-14-22-39(31-35)50(38-20-8-3-9-21-38)40-28-30-44-43-29-27-37(32-47(43)51-48(44)33-40)49(36-18-6-2-7-19-36)45-25-12-10-23-41(45)42-24-11-13-26-46(42)49/h1-33H. The Morgan fingerprint density at radius 3 is 1.59 bits per heavy atom. The Balaban J connectivity index is 1.15. The zero-order valence-corrected chi connectivity index (χ0v) is 28.7. The average Bonchev–Trinajstić information content (AvgIpc) is 3.72. The van der Waals surface area contributed by atoms with Gasteiger partial charge in [-0.2, -0.15) is 0 Å². The molecule has 0 saturated carbocycles. The van der Waals surface area contributed by atoms with E-state index in [0.29, 0.717) is 0 Å². The third-order valence-electron chi connectivity index (χ3n) is 10.5. The molecule has 0 saturated heterocycles. The molecule has 8 aromatic carbocycles. The first-order valence-corrected chi connectivity index (χ1v) is 18.3. The highest BCUT2D eigenvalue weighted by molar-refractivity contribution is 7.25. The highest BCUT2D eigenvalue weighted by Crippen LogP contribution is 2.56. The summed E-state index contributed by atoms with van der Waals surface area (Å²) in [6.45, 7) is 0. The minimum Gasteiger partial charge on any atom is -0.310 e. The molecule has 240 valence electrons. The molecule has 9 aromatic rings. The lowest BCUT2D eigenvalue weighted by Gasteiger charge is -2.33. The van der Waals surface area contributed by atoms with E-state index >= 15 is 0 Å². The summed E-state index contributed by atoms with van der Waals surface area (Å²) in [6.07, 6.45) is 0. The lowest BCUT2D eigenvalue weighted by Crippen LogP contribution is -2.28. The molecule has 1 aliphatic carbocycles. The Morgan fingerprint density at radius 2 is 0.882 bits per heavy atom. The van der Waals surface area contributed by atoms with E-state index in [4.69, 9.17) is 0 Å². The zero-order valence-electron chi connectivity index (χ0n) is 27.9. The molecule has 0 bridgehead atoms. The molecule has 1 heterocycles. The van der Waals surface area contributed by atoms with Gasteiger partial charge in [-0.1, -0.05) is 158 Å². The van der Waals surface area contributed by atoms with Gasteiger partial charge >= 0.3 is 0 Å². The van der Waals surface area contributed by atoms with Crippen molar-refractivity contribution in [3.8, 4) is 22.3 Å². The molecule has 0 aliphatic heterocycles. The SMILES string of the molecule is c1ccc(-c2cccc(N(c3ccccc3)c3ccc4c(c3)sc3cc(C5(c6ccccc6)c6ccccc6-c6ccccc65)ccc34)c2)cc1. The van der Waals surface area contributed by atoms with Crippen LogP contribution in [0.2, 0.25) is 0 Å². The molecule has 1 nitrogen and oxygen atoms in total. The van der Waals surface area contributed by atoms with Gasteiger partial charge in [-0.05, 0) is 87.0 Å². The van der Waals surface area contributed by atoms with Crippen LogP contribution < -0.4 is 4.90 Å². The quantitative estimate of drug-likeness (QED) is 0.171. The van der Waals surface area contributed by atoms with E-state index in [1.165, 1.54) is 64.7 Å². The van der Waals surface area contributed by atoms with Crippen molar-refractivity contribution >= 4 is 48.6 Å². The fraction of sp³-hybridized carbons (Fsp3) is 0.0204. The molecule has 0 spiro atoms. The van der Waals surface area contributed by atoms with Gasteiger partial charge in [-0.25, -0.2) is 0 Å². The number of hydrogen-bond acceptors (Lipinski definition) is 2. The Kier molecular flexibility index (Phi) is 6.97. The predicted molar refractivity (Wildman–Crippen MR) is 217 cm³/mol. The lowest BCUT2D eigenvalue weighted by molar-refractivity contribution is 0.770. The summed E-state index contributed by atoms with van der Waals surface area (Å²) < 4.78 is 2.58. The minimum atomic E-state index is -0.405. The maximum absolute atomic E-state index is 2.46. The smallest absolute Gasteiger partial charge is 0.0714 e. The molecule has 0 unspecified atom stereocenters. The summed E-state index contributed by atoms with van der Waals surface area (Å²) in [4.78, 5) is 2.37. The fourth-order valence-corrected chi connectivity index (χ4v) is 9.51. The first-order valence-electron chi connectivity index (χ1n) is 17.5. The first-order chi connectivity index (χ1) is 25.3. The van der Waals surface area contributed by atoms with Crippen molar-refractivity contribution in [3.05, 3.63) is 222 Å². The number of thiophene rings is 1. The van der Waals surface area contributed by atoms with Crippen molar-refractivity contribution in [2.75, 3.05) is 4.90 Å². The third kappa shape index (κ3) is 4.68. The van der Waals surface area contributed by atoms with E-state index in [2.05, 4.69) is 205 Å². The molecule has 0 atom stereocenters. The molecule has 10 rings (SSSR count). The third-order valence-corrected chi connectivity index (χ3v) is 11.6. The van der Waals surface area contributed by atoms with Crippen LogP contribution in [0.25, 0.3) is 42.4 Å². The summed E-state index contributed by atoms with van der Waals surface area (Å²) in [5.41, 5.74) is 13.3. The summed E-state index contributed by atoms with van der Waals surface area (Å²) in [6, 6.07) is 73.3. The molecule has 0 amide bonds. The van der Waals surface area contributed by atoms with Crippen molar-refractivity contribution in [2.24, 2.45) is 0 Å². The van der Waals surface area contributed by atoms with Crippen LogP contribution >= 0.6 is 11.3 Å². The number of rotatable bonds is 6. The summed E-state index contributed by atoms with van der Waals surface area (Å²) >= 11 is 1.89. The second-order valence-corrected chi connectivity index (χ2v) is 14.4. The number of benzene rings is 8. The zero-order chi connectivity index (χ0) is 33.8. The van der Waals surface area contributed by atoms with E-state index in [-0.39, 0.29) is 0 Å². The van der Waals surface area contributed by atoms with Crippen molar-refractivity contribution in [1.82, 2.24) is 0 Å². The molecule has 0 N–H and O–H groups in total. The van der Waals surface area contributed by atoms with Gasteiger partial charge in [0.25, 0.3) is 0 Å². The summed E-state index contributed by atoms with van der Waals surface area (Å²) in [5.74, 6) is 0. The number of nitrogens with zero attached hydrogens (tertiary/aromatic N) is 1. The van der Waals surface area contributed by atoms with Gasteiger partial charge in [-0.15, -0.1) is 11.3 Å². The lowest BCUT2D eigenvalue weighted by atomic mass is 9.67. The van der Waals surface area contributed by atoms with E-state index in [1.807, 2.05) is 11.3 Å². The predicted octanol–water partition coefficient (Wildman–Crippen LogP) is 13.6. The second-order valence-electron chi connectivity index (χ2n) is 13.3. The molecular formula is C49H33NS. The highest BCUT2D eigenvalue weighted by Gasteiger charge is 2.45. The second kappa shape index (κ2) is 12.0. The van der Waals surface area contributed by atoms with Crippen LogP contribution in [0, 0.1) is 0 Å². The minimum absolute atomic E-state index is 0.405. The number of hydrogen-bond donors (Lipinski definition) is 0. The van der Waals surface area contributed by atoms with E-state index in [1.54, 1.807) is 0 Å². The molecule has 0 fully saturated rings. The van der Waals surface area contributed by atoms with Gasteiger partial charge in [0, 0.05) is 37.2 Å². The van der Waals surface area contributed by atoms with E-state index in [0.717, 1.165) is 17.1 Å². The van der Waals surface area contributed by atoms with Crippen molar-refractivity contribution < 1.29 is 0 Å². The number of para-hydroxylation sites is 1. The van der Waals surface area contributed by atoms with Gasteiger partial charge in [0.15, 0.2) is 0 Å². The molecule has 1 aliphatic rings. The van der Waals surface area contributed by atoms with Gasteiger partial charge in [0.05, 0.1) is 5.41 Å². The van der Waals surface area contributed by atoms with Crippen LogP contribution in [-0.4, -0.2) is 0 Å². The van der Waals surface area contributed by atoms with Crippen molar-refractivity contribution in [1.29, 1.82) is 0 Å². The van der Waals surface area contributed by atoms with E-state index in [9.17, 15) is 0 Å². The van der Waals surface area contributed by atoms with Crippen molar-refractivity contribution in [3.63, 3.8) is 0 Å². The molecular weight excluding hydrogens is 635 g/mol. The highest BCUT2D eigenvalue weighted by atomic mass is 32.1. The van der Waals surface area contributed by atoms with Crippen LogP contribution in [0.3, 0.4) is 0 Å². The maximum atomic E-state index is 2.46. The van der Waals surface area contributed by atoms with E-state index < -0.39 is 5.41 Å². The van der Waals surface area contributed by atoms with Gasteiger partial charge in [0.2, 0.25) is 0 Å². The fourth-order valence-electron chi connectivity index (χ4n) is 8.33. The summed E-state index contributed by atoms with van der Waals surface area (Å²) in [7, 11) is 0. The van der Waals surface area contributed by atoms with Crippen LogP contribution in [0.1, 0.15) is 22.3 Å². The largest absolute Gasteiger partial charge is 0.310 e. The molecule has 2 heteroatoms. The topological polar surface area (TPSA) is 3.24 Å². The summed E-state index contributed by atoms with van der Waals surface area (Å²) in [5, 5.41) is 2.59. The molecule has 51 heavy (non-hydrogen) atoms. The van der Waals surface area contributed by atoms with Crippen LogP contribution in [0.5, 0.6) is 0 Å². The molecule has 0 radical (unpaired) electrons. The van der Waals surface area contributed by atoms with Crippen molar-refractivity contribution in [2.45, 2.75) is 5.41 Å². The van der Waals surface area contributed by atoms with Crippen LogP contribution in [0.15, 0.2) is 200 Å². The monoisotopic (exact) mass is 667 g/mol. The maximum Gasteiger partial charge on any atom is 0.0714 e. The molecule has 1 aromatic heterocycles. The van der Waals surface area contributed by atoms with Gasteiger partial charge < -0.3 is 4.90 Å². The number of anilines is 3. The van der Waals surface area contributed by atoms with Gasteiger partial charge in [0.1, 0.15) is 0 Å².